The van der Waals surface area contributed by atoms with Crippen LogP contribution in [0.2, 0.25) is 5.02 Å². The Kier molecular flexibility index (Phi) is 6.81. The highest BCUT2D eigenvalue weighted by atomic mass is 35.5. The molecule has 2 saturated carbocycles. The van der Waals surface area contributed by atoms with Gasteiger partial charge in [-0.3, -0.25) is 19.0 Å². The minimum Gasteiger partial charge on any atom is -0.349 e. The second-order valence-corrected chi connectivity index (χ2v) is 9.98. The van der Waals surface area contributed by atoms with E-state index in [-0.39, 0.29) is 23.4 Å². The van der Waals surface area contributed by atoms with E-state index in [9.17, 15) is 14.4 Å². The van der Waals surface area contributed by atoms with E-state index in [1.165, 1.54) is 23.5 Å². The first-order chi connectivity index (χ1) is 17.0. The SMILES string of the molecule is O=C(NC1CC1)c1ccc2c(=O)n(C(CC3CCCCC3)C(=O)Nc3ccc(Cl)cn3)cnc2c1. The molecule has 8 nitrogen and oxygen atoms in total. The molecule has 5 rings (SSSR count). The van der Waals surface area contributed by atoms with E-state index in [2.05, 4.69) is 20.6 Å². The predicted molar refractivity (Wildman–Crippen MR) is 135 cm³/mol. The zero-order valence-electron chi connectivity index (χ0n) is 19.4. The highest BCUT2D eigenvalue weighted by Crippen LogP contribution is 2.31. The molecule has 2 heterocycles. The van der Waals surface area contributed by atoms with Crippen molar-refractivity contribution in [1.82, 2.24) is 19.9 Å². The molecule has 182 valence electrons. The van der Waals surface area contributed by atoms with Crippen molar-refractivity contribution in [3.63, 3.8) is 0 Å². The largest absolute Gasteiger partial charge is 0.349 e. The van der Waals surface area contributed by atoms with Gasteiger partial charge >= 0.3 is 0 Å². The third kappa shape index (κ3) is 5.53. The van der Waals surface area contributed by atoms with Gasteiger partial charge in [-0.1, -0.05) is 43.7 Å². The number of aromatic nitrogens is 3. The van der Waals surface area contributed by atoms with Gasteiger partial charge in [-0.2, -0.15) is 0 Å². The van der Waals surface area contributed by atoms with Gasteiger partial charge < -0.3 is 10.6 Å². The number of fused-ring (bicyclic) bond motifs is 1. The van der Waals surface area contributed by atoms with Crippen molar-refractivity contribution in [3.8, 4) is 0 Å². The van der Waals surface area contributed by atoms with E-state index in [1.54, 1.807) is 30.3 Å². The summed E-state index contributed by atoms with van der Waals surface area (Å²) in [5.41, 5.74) is 0.606. The molecule has 0 bridgehead atoms. The third-order valence-electron chi connectivity index (χ3n) is 6.86. The quantitative estimate of drug-likeness (QED) is 0.504. The van der Waals surface area contributed by atoms with Crippen molar-refractivity contribution in [3.05, 3.63) is 63.8 Å². The molecule has 2 aliphatic carbocycles. The molecular formula is C26H28ClN5O3. The summed E-state index contributed by atoms with van der Waals surface area (Å²) in [4.78, 5) is 47.9. The van der Waals surface area contributed by atoms with Crippen LogP contribution in [0.25, 0.3) is 10.9 Å². The van der Waals surface area contributed by atoms with Crippen LogP contribution < -0.4 is 16.2 Å². The molecule has 9 heteroatoms. The zero-order chi connectivity index (χ0) is 24.4. The molecule has 0 spiro atoms. The Hall–Kier alpha value is -3.26. The summed E-state index contributed by atoms with van der Waals surface area (Å²) < 4.78 is 1.42. The van der Waals surface area contributed by atoms with Gasteiger partial charge in [0, 0.05) is 17.8 Å². The molecule has 35 heavy (non-hydrogen) atoms. The van der Waals surface area contributed by atoms with Crippen LogP contribution in [0.3, 0.4) is 0 Å². The van der Waals surface area contributed by atoms with Crippen molar-refractivity contribution >= 4 is 40.1 Å². The second-order valence-electron chi connectivity index (χ2n) is 9.54. The first-order valence-corrected chi connectivity index (χ1v) is 12.6. The van der Waals surface area contributed by atoms with Crippen LogP contribution >= 0.6 is 11.6 Å². The van der Waals surface area contributed by atoms with E-state index in [4.69, 9.17) is 11.6 Å². The third-order valence-corrected chi connectivity index (χ3v) is 7.08. The minimum atomic E-state index is -0.724. The Bertz CT molecular complexity index is 1300. The smallest absolute Gasteiger partial charge is 0.261 e. The molecule has 0 radical (unpaired) electrons. The van der Waals surface area contributed by atoms with Gasteiger partial charge in [0.15, 0.2) is 0 Å². The maximum absolute atomic E-state index is 13.5. The zero-order valence-corrected chi connectivity index (χ0v) is 20.1. The van der Waals surface area contributed by atoms with Gasteiger partial charge in [0.25, 0.3) is 11.5 Å². The van der Waals surface area contributed by atoms with Crippen LogP contribution in [0, 0.1) is 5.92 Å². The number of hydrogen-bond acceptors (Lipinski definition) is 5. The minimum absolute atomic E-state index is 0.162. The average molecular weight is 494 g/mol. The van der Waals surface area contributed by atoms with Crippen molar-refractivity contribution in [2.24, 2.45) is 5.92 Å². The van der Waals surface area contributed by atoms with Gasteiger partial charge in [-0.05, 0) is 55.5 Å². The van der Waals surface area contributed by atoms with Crippen molar-refractivity contribution in [1.29, 1.82) is 0 Å². The Morgan fingerprint density at radius 1 is 1.06 bits per heavy atom. The van der Waals surface area contributed by atoms with E-state index in [0.29, 0.717) is 39.6 Å². The monoisotopic (exact) mass is 493 g/mol. The molecule has 2 fully saturated rings. The predicted octanol–water partition coefficient (Wildman–Crippen LogP) is 4.49. The molecule has 2 N–H and O–H groups in total. The number of amides is 2. The fraction of sp³-hybridized carbons (Fsp3) is 0.423. The van der Waals surface area contributed by atoms with E-state index in [0.717, 1.165) is 38.5 Å². The number of hydrogen-bond donors (Lipinski definition) is 2. The fourth-order valence-electron chi connectivity index (χ4n) is 4.74. The summed E-state index contributed by atoms with van der Waals surface area (Å²) in [6, 6.07) is 7.70. The van der Waals surface area contributed by atoms with E-state index < -0.39 is 6.04 Å². The molecular weight excluding hydrogens is 466 g/mol. The molecule has 1 aromatic carbocycles. The number of nitrogens with one attached hydrogen (secondary N) is 2. The lowest BCUT2D eigenvalue weighted by Gasteiger charge is -2.27. The first-order valence-electron chi connectivity index (χ1n) is 12.2. The number of nitrogens with zero attached hydrogens (tertiary/aromatic N) is 3. The van der Waals surface area contributed by atoms with Crippen LogP contribution in [-0.2, 0) is 4.79 Å². The molecule has 3 aromatic rings. The Labute approximate surface area is 208 Å². The molecule has 1 unspecified atom stereocenters. The summed E-state index contributed by atoms with van der Waals surface area (Å²) in [6.07, 6.45) is 11.0. The number of carbonyl (C=O) groups excluding carboxylic acids is 2. The number of pyridine rings is 1. The van der Waals surface area contributed by atoms with Crippen molar-refractivity contribution in [2.45, 2.75) is 63.5 Å². The standard InChI is InChI=1S/C26H28ClN5O3/c27-18-7-11-23(28-14-18)31-25(34)22(12-16-4-2-1-3-5-16)32-15-29-21-13-17(6-10-20(21)26(32)35)24(33)30-19-8-9-19/h6-7,10-11,13-16,19,22H,1-5,8-9,12H2,(H,30,33)(H,28,31,34). The topological polar surface area (TPSA) is 106 Å². The lowest BCUT2D eigenvalue weighted by Crippen LogP contribution is -2.35. The van der Waals surface area contributed by atoms with Gasteiger partial charge in [0.1, 0.15) is 11.9 Å². The van der Waals surface area contributed by atoms with Gasteiger partial charge in [0.05, 0.1) is 22.3 Å². The number of halogens is 1. The lowest BCUT2D eigenvalue weighted by molar-refractivity contribution is -0.120. The summed E-state index contributed by atoms with van der Waals surface area (Å²) >= 11 is 5.92. The molecule has 2 amide bonds. The van der Waals surface area contributed by atoms with Crippen LogP contribution in [-0.4, -0.2) is 32.4 Å². The lowest BCUT2D eigenvalue weighted by atomic mass is 9.84. The Balaban J connectivity index is 1.45. The van der Waals surface area contributed by atoms with Crippen molar-refractivity contribution < 1.29 is 9.59 Å². The van der Waals surface area contributed by atoms with Crippen molar-refractivity contribution in [2.75, 3.05) is 5.32 Å². The Morgan fingerprint density at radius 2 is 1.86 bits per heavy atom. The maximum Gasteiger partial charge on any atom is 0.261 e. The number of rotatable bonds is 7. The van der Waals surface area contributed by atoms with Gasteiger partial charge in [-0.15, -0.1) is 0 Å². The van der Waals surface area contributed by atoms with Crippen LogP contribution in [0.1, 0.15) is 67.8 Å². The molecule has 2 aliphatic rings. The normalized spacial score (nSPS) is 17.2. The highest BCUT2D eigenvalue weighted by Gasteiger charge is 2.28. The number of benzene rings is 1. The molecule has 1 atom stereocenters. The highest BCUT2D eigenvalue weighted by molar-refractivity contribution is 6.30. The summed E-state index contributed by atoms with van der Waals surface area (Å²) in [6.45, 7) is 0. The average Bonchev–Trinajstić information content (AvgIpc) is 3.69. The number of carbonyl (C=O) groups is 2. The molecule has 0 aliphatic heterocycles. The van der Waals surface area contributed by atoms with Crippen LogP contribution in [0.15, 0.2) is 47.7 Å². The van der Waals surface area contributed by atoms with Gasteiger partial charge in [-0.25, -0.2) is 9.97 Å². The van der Waals surface area contributed by atoms with Crippen LogP contribution in [0.4, 0.5) is 5.82 Å². The van der Waals surface area contributed by atoms with E-state index in [1.807, 2.05) is 0 Å². The van der Waals surface area contributed by atoms with E-state index >= 15 is 0 Å². The van der Waals surface area contributed by atoms with Gasteiger partial charge in [0.2, 0.25) is 5.91 Å². The fourth-order valence-corrected chi connectivity index (χ4v) is 4.85. The Morgan fingerprint density at radius 3 is 2.57 bits per heavy atom. The maximum atomic E-state index is 13.5. The number of anilines is 1. The second kappa shape index (κ2) is 10.2. The molecule has 2 aromatic heterocycles. The molecule has 0 saturated heterocycles. The summed E-state index contributed by atoms with van der Waals surface area (Å²) in [7, 11) is 0. The summed E-state index contributed by atoms with van der Waals surface area (Å²) in [5, 5.41) is 6.63. The first kappa shape index (κ1) is 23.5. The van der Waals surface area contributed by atoms with Crippen LogP contribution in [0.5, 0.6) is 0 Å². The summed E-state index contributed by atoms with van der Waals surface area (Å²) in [5.74, 6) is 0.259.